The van der Waals surface area contributed by atoms with E-state index in [4.69, 9.17) is 9.47 Å². The minimum atomic E-state index is -1.24. The molecule has 10 heteroatoms. The van der Waals surface area contributed by atoms with Crippen LogP contribution >= 0.6 is 0 Å². The van der Waals surface area contributed by atoms with E-state index >= 15 is 4.39 Å². The maximum atomic E-state index is 15.5. The Hall–Kier alpha value is -3.63. The van der Waals surface area contributed by atoms with Crippen molar-refractivity contribution in [3.8, 4) is 11.5 Å². The number of aromatic amines is 1. The zero-order chi connectivity index (χ0) is 25.6. The molecule has 0 saturated carbocycles. The van der Waals surface area contributed by atoms with E-state index in [1.165, 1.54) is 18.1 Å². The van der Waals surface area contributed by atoms with Crippen molar-refractivity contribution in [2.45, 2.75) is 24.9 Å². The lowest BCUT2D eigenvalue weighted by atomic mass is 9.81. The van der Waals surface area contributed by atoms with E-state index < -0.39 is 23.4 Å². The summed E-state index contributed by atoms with van der Waals surface area (Å²) in [6.45, 7) is 3.44. The summed E-state index contributed by atoms with van der Waals surface area (Å²) in [6, 6.07) is 8.69. The standard InChI is InChI=1S/C26H29FN4O5/c1-26-14-17-20-18(7-8-19(36-3)21(20)27)29-22(17)23(15-5-4-6-16(32)13-15)31(26)25(34)30(24(26)33)11-9-28-10-12-35-2/h4-8,13,23,28-29,32H,9-12,14H2,1-3H3/t23-,26+/m1/s1. The Morgan fingerprint density at radius 3 is 2.75 bits per heavy atom. The Morgan fingerprint density at radius 2 is 2.03 bits per heavy atom. The number of aromatic hydroxyl groups is 1. The van der Waals surface area contributed by atoms with Crippen molar-refractivity contribution < 1.29 is 28.6 Å². The molecule has 2 aromatic carbocycles. The van der Waals surface area contributed by atoms with Gasteiger partial charge in [-0.05, 0) is 42.3 Å². The molecule has 2 aliphatic rings. The monoisotopic (exact) mass is 496 g/mol. The lowest BCUT2D eigenvalue weighted by Crippen LogP contribution is -2.53. The number of ether oxygens (including phenoxy) is 2. The number of nitrogens with one attached hydrogen (secondary N) is 2. The molecule has 1 saturated heterocycles. The fraction of sp³-hybridized carbons (Fsp3) is 0.385. The van der Waals surface area contributed by atoms with Gasteiger partial charge < -0.3 is 24.9 Å². The highest BCUT2D eigenvalue weighted by molar-refractivity contribution is 6.08. The molecular formula is C26H29FN4O5. The van der Waals surface area contributed by atoms with Crippen LogP contribution in [0.5, 0.6) is 11.5 Å². The third kappa shape index (κ3) is 3.59. The van der Waals surface area contributed by atoms with Gasteiger partial charge in [0, 0.05) is 49.8 Å². The number of methoxy groups -OCH3 is 2. The summed E-state index contributed by atoms with van der Waals surface area (Å²) in [7, 11) is 3.01. The number of phenols is 1. The first kappa shape index (κ1) is 24.1. The second kappa shape index (κ2) is 9.11. The molecule has 190 valence electrons. The van der Waals surface area contributed by atoms with Gasteiger partial charge in [-0.2, -0.15) is 0 Å². The predicted octanol–water partition coefficient (Wildman–Crippen LogP) is 2.93. The first-order valence-electron chi connectivity index (χ1n) is 11.8. The number of amides is 3. The topological polar surface area (TPSA) is 107 Å². The van der Waals surface area contributed by atoms with E-state index in [0.29, 0.717) is 47.4 Å². The molecule has 5 rings (SSSR count). The van der Waals surface area contributed by atoms with Crippen LogP contribution < -0.4 is 10.1 Å². The number of rotatable bonds is 8. The van der Waals surface area contributed by atoms with Crippen LogP contribution in [0, 0.1) is 5.82 Å². The number of carbonyl (C=O) groups is 2. The molecule has 0 aliphatic carbocycles. The van der Waals surface area contributed by atoms with Crippen molar-refractivity contribution in [3.05, 3.63) is 59.0 Å². The Balaban J connectivity index is 1.63. The van der Waals surface area contributed by atoms with Gasteiger partial charge in [-0.25, -0.2) is 9.18 Å². The molecule has 0 bridgehead atoms. The number of fused-ring (bicyclic) bond motifs is 4. The van der Waals surface area contributed by atoms with Crippen LogP contribution in [0.3, 0.4) is 0 Å². The van der Waals surface area contributed by atoms with E-state index in [1.807, 2.05) is 0 Å². The summed E-state index contributed by atoms with van der Waals surface area (Å²) in [4.78, 5) is 33.6. The Kier molecular flexibility index (Phi) is 6.09. The number of hydrogen-bond donors (Lipinski definition) is 3. The van der Waals surface area contributed by atoms with Crippen LogP contribution in [0.25, 0.3) is 10.9 Å². The summed E-state index contributed by atoms with van der Waals surface area (Å²) in [5, 5.41) is 13.7. The second-order valence-corrected chi connectivity index (χ2v) is 9.32. The second-order valence-electron chi connectivity index (χ2n) is 9.32. The molecule has 9 nitrogen and oxygen atoms in total. The molecule has 0 unspecified atom stereocenters. The number of benzene rings is 2. The van der Waals surface area contributed by atoms with Gasteiger partial charge >= 0.3 is 6.03 Å². The highest BCUT2D eigenvalue weighted by atomic mass is 19.1. The van der Waals surface area contributed by atoms with Crippen molar-refractivity contribution in [2.24, 2.45) is 0 Å². The molecule has 3 amide bonds. The molecule has 3 N–H and O–H groups in total. The highest BCUT2D eigenvalue weighted by Gasteiger charge is 2.60. The Morgan fingerprint density at radius 1 is 1.22 bits per heavy atom. The number of urea groups is 1. The van der Waals surface area contributed by atoms with Crippen molar-refractivity contribution in [1.82, 2.24) is 20.1 Å². The largest absolute Gasteiger partial charge is 0.508 e. The number of imide groups is 1. The normalized spacial score (nSPS) is 21.3. The van der Waals surface area contributed by atoms with Crippen LogP contribution in [0.15, 0.2) is 36.4 Å². The third-order valence-electron chi connectivity index (χ3n) is 7.13. The van der Waals surface area contributed by atoms with Gasteiger partial charge in [0.25, 0.3) is 5.91 Å². The number of H-pyrrole nitrogens is 1. The first-order valence-corrected chi connectivity index (χ1v) is 11.8. The van der Waals surface area contributed by atoms with E-state index in [2.05, 4.69) is 10.3 Å². The average molecular weight is 497 g/mol. The minimum absolute atomic E-state index is 0.0301. The number of hydrogen-bond acceptors (Lipinski definition) is 6. The number of aromatic nitrogens is 1. The summed E-state index contributed by atoms with van der Waals surface area (Å²) in [5.41, 5.74) is 1.16. The van der Waals surface area contributed by atoms with E-state index in [9.17, 15) is 14.7 Å². The quantitative estimate of drug-likeness (QED) is 0.327. The molecule has 2 atom stereocenters. The van der Waals surface area contributed by atoms with Gasteiger partial charge in [0.15, 0.2) is 11.6 Å². The maximum absolute atomic E-state index is 15.5. The highest BCUT2D eigenvalue weighted by Crippen LogP contribution is 2.49. The molecule has 1 aromatic heterocycles. The maximum Gasteiger partial charge on any atom is 0.328 e. The number of halogens is 1. The van der Waals surface area contributed by atoms with E-state index in [0.717, 1.165) is 0 Å². The Labute approximate surface area is 207 Å². The fourth-order valence-electron chi connectivity index (χ4n) is 5.44. The van der Waals surface area contributed by atoms with Gasteiger partial charge in [0.2, 0.25) is 0 Å². The lowest BCUT2D eigenvalue weighted by Gasteiger charge is -2.42. The van der Waals surface area contributed by atoms with Gasteiger partial charge in [-0.3, -0.25) is 14.6 Å². The molecule has 3 aromatic rings. The molecule has 0 radical (unpaired) electrons. The van der Waals surface area contributed by atoms with Crippen LogP contribution in [0.2, 0.25) is 0 Å². The van der Waals surface area contributed by atoms with Crippen LogP contribution in [0.1, 0.15) is 29.8 Å². The summed E-state index contributed by atoms with van der Waals surface area (Å²) in [6.07, 6.45) is 0.139. The minimum Gasteiger partial charge on any atom is -0.508 e. The lowest BCUT2D eigenvalue weighted by molar-refractivity contribution is -0.133. The van der Waals surface area contributed by atoms with Gasteiger partial charge in [0.1, 0.15) is 17.3 Å². The van der Waals surface area contributed by atoms with Crippen LogP contribution in [-0.4, -0.2) is 77.8 Å². The predicted molar refractivity (Wildman–Crippen MR) is 131 cm³/mol. The van der Waals surface area contributed by atoms with Crippen molar-refractivity contribution in [2.75, 3.05) is 40.5 Å². The Bertz CT molecular complexity index is 1340. The molecule has 0 spiro atoms. The summed E-state index contributed by atoms with van der Waals surface area (Å²) in [5.74, 6) is -0.726. The average Bonchev–Trinajstić information content (AvgIpc) is 3.31. The van der Waals surface area contributed by atoms with Crippen LogP contribution in [-0.2, 0) is 16.0 Å². The van der Waals surface area contributed by atoms with Crippen LogP contribution in [0.4, 0.5) is 9.18 Å². The molecule has 3 heterocycles. The SMILES string of the molecule is COCCNCCN1C(=O)N2[C@H](c3cccc(O)c3)c3[nH]c4ccc(OC)c(F)c4c3C[C@@]2(C)C1=O. The number of carbonyl (C=O) groups excluding carboxylic acids is 2. The van der Waals surface area contributed by atoms with Crippen molar-refractivity contribution in [1.29, 1.82) is 0 Å². The number of phenolic OH excluding ortho intramolecular Hbond substituents is 1. The molecule has 1 fully saturated rings. The van der Waals surface area contributed by atoms with E-state index in [1.54, 1.807) is 49.3 Å². The molecular weight excluding hydrogens is 467 g/mol. The zero-order valence-electron chi connectivity index (χ0n) is 20.4. The summed E-state index contributed by atoms with van der Waals surface area (Å²) >= 11 is 0. The number of nitrogens with zero attached hydrogens (tertiary/aromatic N) is 2. The third-order valence-corrected chi connectivity index (χ3v) is 7.13. The smallest absolute Gasteiger partial charge is 0.328 e. The van der Waals surface area contributed by atoms with Crippen molar-refractivity contribution >= 4 is 22.8 Å². The van der Waals surface area contributed by atoms with Gasteiger partial charge in [0.05, 0.1) is 13.7 Å². The van der Waals surface area contributed by atoms with E-state index in [-0.39, 0.29) is 30.4 Å². The van der Waals surface area contributed by atoms with Gasteiger partial charge in [-0.1, -0.05) is 12.1 Å². The van der Waals surface area contributed by atoms with Gasteiger partial charge in [-0.15, -0.1) is 0 Å². The van der Waals surface area contributed by atoms with Crippen molar-refractivity contribution in [3.63, 3.8) is 0 Å². The molecule has 2 aliphatic heterocycles. The zero-order valence-corrected chi connectivity index (χ0v) is 20.4. The summed E-state index contributed by atoms with van der Waals surface area (Å²) < 4.78 is 25.7. The fourth-order valence-corrected chi connectivity index (χ4v) is 5.44. The molecule has 36 heavy (non-hydrogen) atoms. The first-order chi connectivity index (χ1) is 17.3.